The number of carbonyl (C=O) groups excluding carboxylic acids is 1. The van der Waals surface area contributed by atoms with E-state index in [1.165, 1.54) is 0 Å². The fourth-order valence-electron chi connectivity index (χ4n) is 1.27. The Morgan fingerprint density at radius 3 is 2.58 bits per heavy atom. The molecule has 5 nitrogen and oxygen atoms in total. The lowest BCUT2D eigenvalue weighted by Gasteiger charge is -2.12. The van der Waals surface area contributed by atoms with Gasteiger partial charge in [0.2, 0.25) is 5.88 Å². The third-order valence-electron chi connectivity index (χ3n) is 2.06. The maximum atomic E-state index is 12.2. The minimum absolute atomic E-state index is 0.0648. The van der Waals surface area contributed by atoms with E-state index in [0.717, 1.165) is 13.2 Å². The van der Waals surface area contributed by atoms with Crippen molar-refractivity contribution in [2.24, 2.45) is 0 Å². The molecular formula is C10H9ClF3NO4. The first kappa shape index (κ1) is 15.4. The molecule has 0 aliphatic carbocycles. The number of halogens is 4. The maximum absolute atomic E-state index is 12.2. The van der Waals surface area contributed by atoms with Gasteiger partial charge in [-0.25, -0.2) is 0 Å². The Labute approximate surface area is 110 Å². The summed E-state index contributed by atoms with van der Waals surface area (Å²) in [6, 6.07) is 0.970. The van der Waals surface area contributed by atoms with Gasteiger partial charge in [-0.15, -0.1) is 24.8 Å². The molecular weight excluding hydrogens is 291 g/mol. The molecule has 19 heavy (non-hydrogen) atoms. The maximum Gasteiger partial charge on any atom is 0.574 e. The van der Waals surface area contributed by atoms with Crippen LogP contribution in [0.2, 0.25) is 0 Å². The summed E-state index contributed by atoms with van der Waals surface area (Å²) in [5.74, 6) is -2.00. The fraction of sp³-hybridized carbons (Fsp3) is 0.400. The molecule has 0 spiro atoms. The molecule has 0 fully saturated rings. The van der Waals surface area contributed by atoms with Crippen LogP contribution in [0, 0.1) is 0 Å². The number of hydrogen-bond donors (Lipinski definition) is 1. The average molecular weight is 300 g/mol. The Morgan fingerprint density at radius 1 is 1.47 bits per heavy atom. The average Bonchev–Trinajstić information content (AvgIpc) is 2.26. The normalized spacial score (nSPS) is 11.2. The number of ether oxygens (including phenoxy) is 2. The molecule has 106 valence electrons. The third-order valence-corrected chi connectivity index (χ3v) is 2.33. The fourth-order valence-corrected chi connectivity index (χ4v) is 1.52. The molecule has 0 amide bonds. The van der Waals surface area contributed by atoms with E-state index in [2.05, 4.69) is 14.5 Å². The second kappa shape index (κ2) is 5.96. The third kappa shape index (κ3) is 4.47. The van der Waals surface area contributed by atoms with Crippen LogP contribution in [0.5, 0.6) is 5.88 Å². The molecule has 0 saturated carbocycles. The summed E-state index contributed by atoms with van der Waals surface area (Å²) >= 11 is 5.39. The Hall–Kier alpha value is -1.70. The molecule has 1 rings (SSSR count). The number of alkyl halides is 4. The standard InChI is InChI=1S/C10H9ClF3NO4/c1-18-8(17)3-5-2-7(16)6(4-11)9(15-5)19-10(12,13)14/h2H,3-4H2,1H3,(H,15,16). The van der Waals surface area contributed by atoms with Gasteiger partial charge in [-0.1, -0.05) is 0 Å². The lowest BCUT2D eigenvalue weighted by molar-refractivity contribution is -0.276. The first-order valence-corrected chi connectivity index (χ1v) is 5.44. The van der Waals surface area contributed by atoms with E-state index < -0.39 is 29.5 Å². The summed E-state index contributed by atoms with van der Waals surface area (Å²) in [4.78, 5) is 24.8. The summed E-state index contributed by atoms with van der Waals surface area (Å²) in [7, 11) is 1.11. The smallest absolute Gasteiger partial charge is 0.469 e. The van der Waals surface area contributed by atoms with Gasteiger partial charge >= 0.3 is 12.3 Å². The van der Waals surface area contributed by atoms with Gasteiger partial charge in [-0.3, -0.25) is 9.59 Å². The Morgan fingerprint density at radius 2 is 2.11 bits per heavy atom. The lowest BCUT2D eigenvalue weighted by atomic mass is 10.2. The zero-order chi connectivity index (χ0) is 14.6. The summed E-state index contributed by atoms with van der Waals surface area (Å²) in [5.41, 5.74) is -1.19. The highest BCUT2D eigenvalue weighted by Crippen LogP contribution is 2.24. The highest BCUT2D eigenvalue weighted by Gasteiger charge is 2.33. The minimum atomic E-state index is -4.98. The van der Waals surface area contributed by atoms with E-state index in [0.29, 0.717) is 0 Å². The largest absolute Gasteiger partial charge is 0.574 e. The molecule has 1 aromatic rings. The quantitative estimate of drug-likeness (QED) is 0.679. The lowest BCUT2D eigenvalue weighted by Crippen LogP contribution is -2.23. The number of nitrogens with one attached hydrogen (secondary N) is 1. The summed E-state index contributed by atoms with van der Waals surface area (Å²) in [6.07, 6.45) is -5.36. The molecule has 9 heteroatoms. The number of aromatic amines is 1. The van der Waals surface area contributed by atoms with E-state index in [9.17, 15) is 22.8 Å². The minimum Gasteiger partial charge on any atom is -0.469 e. The van der Waals surface area contributed by atoms with Crippen LogP contribution in [-0.2, 0) is 21.8 Å². The number of aromatic nitrogens is 1. The van der Waals surface area contributed by atoms with Crippen molar-refractivity contribution in [3.63, 3.8) is 0 Å². The van der Waals surface area contributed by atoms with Crippen molar-refractivity contribution >= 4 is 17.6 Å². The van der Waals surface area contributed by atoms with Crippen LogP contribution in [-0.4, -0.2) is 24.4 Å². The first-order valence-electron chi connectivity index (χ1n) is 4.90. The van der Waals surface area contributed by atoms with Crippen molar-refractivity contribution in [2.75, 3.05) is 7.11 Å². The number of carbonyl (C=O) groups is 1. The van der Waals surface area contributed by atoms with Crippen LogP contribution in [0.25, 0.3) is 0 Å². The molecule has 1 N–H and O–H groups in total. The molecule has 0 aromatic carbocycles. The zero-order valence-corrected chi connectivity index (χ0v) is 10.4. The van der Waals surface area contributed by atoms with Gasteiger partial charge in [-0.2, -0.15) is 0 Å². The predicted molar refractivity (Wildman–Crippen MR) is 59.0 cm³/mol. The number of esters is 1. The molecule has 0 aliphatic heterocycles. The van der Waals surface area contributed by atoms with Gasteiger partial charge < -0.3 is 14.5 Å². The second-order valence-electron chi connectivity index (χ2n) is 3.40. The number of hydrogen-bond acceptors (Lipinski definition) is 4. The molecule has 1 heterocycles. The van der Waals surface area contributed by atoms with Crippen LogP contribution >= 0.6 is 11.6 Å². The number of pyridine rings is 1. The van der Waals surface area contributed by atoms with Crippen LogP contribution in [0.1, 0.15) is 11.3 Å². The number of rotatable bonds is 4. The van der Waals surface area contributed by atoms with Crippen LogP contribution in [0.3, 0.4) is 0 Å². The highest BCUT2D eigenvalue weighted by molar-refractivity contribution is 6.17. The molecule has 0 bridgehead atoms. The van der Waals surface area contributed by atoms with Crippen LogP contribution in [0.15, 0.2) is 10.9 Å². The number of methoxy groups -OCH3 is 1. The van der Waals surface area contributed by atoms with Crippen molar-refractivity contribution in [1.82, 2.24) is 4.98 Å². The van der Waals surface area contributed by atoms with Gasteiger partial charge in [0.15, 0.2) is 5.43 Å². The topological polar surface area (TPSA) is 68.4 Å². The van der Waals surface area contributed by atoms with E-state index in [1.807, 2.05) is 0 Å². The Bertz CT molecular complexity index is 526. The van der Waals surface area contributed by atoms with Crippen molar-refractivity contribution in [3.05, 3.63) is 27.5 Å². The van der Waals surface area contributed by atoms with E-state index >= 15 is 0 Å². The molecule has 0 unspecified atom stereocenters. The van der Waals surface area contributed by atoms with Crippen molar-refractivity contribution < 1.29 is 27.4 Å². The van der Waals surface area contributed by atoms with Gasteiger partial charge in [0.25, 0.3) is 0 Å². The first-order chi connectivity index (χ1) is 8.76. The van der Waals surface area contributed by atoms with Gasteiger partial charge in [0.05, 0.1) is 25.0 Å². The molecule has 0 aliphatic rings. The second-order valence-corrected chi connectivity index (χ2v) is 3.67. The van der Waals surface area contributed by atoms with Crippen molar-refractivity contribution in [1.29, 1.82) is 0 Å². The van der Waals surface area contributed by atoms with E-state index in [4.69, 9.17) is 11.6 Å². The Kier molecular flexibility index (Phi) is 4.82. The van der Waals surface area contributed by atoms with Crippen LogP contribution < -0.4 is 10.2 Å². The van der Waals surface area contributed by atoms with E-state index in [1.54, 1.807) is 0 Å². The zero-order valence-electron chi connectivity index (χ0n) is 9.64. The molecule has 1 aromatic heterocycles. The predicted octanol–water partition coefficient (Wildman–Crippen LogP) is 1.73. The van der Waals surface area contributed by atoms with Gasteiger partial charge in [0, 0.05) is 11.8 Å². The molecule has 0 saturated heterocycles. The van der Waals surface area contributed by atoms with Crippen molar-refractivity contribution in [3.8, 4) is 5.88 Å². The monoisotopic (exact) mass is 299 g/mol. The molecule has 0 atom stereocenters. The summed E-state index contributed by atoms with van der Waals surface area (Å²) < 4.78 is 44.5. The Balaban J connectivity index is 3.18. The van der Waals surface area contributed by atoms with Crippen molar-refractivity contribution in [2.45, 2.75) is 18.7 Å². The number of H-pyrrole nitrogens is 1. The van der Waals surface area contributed by atoms with Crippen LogP contribution in [0.4, 0.5) is 13.2 Å². The highest BCUT2D eigenvalue weighted by atomic mass is 35.5. The summed E-state index contributed by atoms with van der Waals surface area (Å²) in [6.45, 7) is 0. The molecule has 0 radical (unpaired) electrons. The van der Waals surface area contributed by atoms with E-state index in [-0.39, 0.29) is 17.7 Å². The SMILES string of the molecule is COC(=O)Cc1cc(=O)c(CCl)c(OC(F)(F)F)[nH]1. The van der Waals surface area contributed by atoms with Gasteiger partial charge in [0.1, 0.15) is 0 Å². The summed E-state index contributed by atoms with van der Waals surface area (Å²) in [5, 5.41) is 0. The van der Waals surface area contributed by atoms with Gasteiger partial charge in [-0.05, 0) is 0 Å².